The third-order valence-electron chi connectivity index (χ3n) is 3.49. The van der Waals surface area contributed by atoms with Crippen molar-refractivity contribution in [3.63, 3.8) is 0 Å². The maximum Gasteiger partial charge on any atom is 0.346 e. The van der Waals surface area contributed by atoms with Crippen molar-refractivity contribution in [1.82, 2.24) is 9.97 Å². The molecule has 0 fully saturated rings. The molecule has 22 heavy (non-hydrogen) atoms. The van der Waals surface area contributed by atoms with Crippen LogP contribution in [0, 0.1) is 13.8 Å². The van der Waals surface area contributed by atoms with Crippen LogP contribution < -0.4 is 11.0 Å². The van der Waals surface area contributed by atoms with Gasteiger partial charge in [0.05, 0.1) is 5.52 Å². The predicted octanol–water partition coefficient (Wildman–Crippen LogP) is 2.79. The number of fused-ring (bicyclic) bond motifs is 1. The van der Waals surface area contributed by atoms with Gasteiger partial charge in [0, 0.05) is 11.1 Å². The number of H-pyrrole nitrogens is 1. The summed E-state index contributed by atoms with van der Waals surface area (Å²) in [7, 11) is 0. The van der Waals surface area contributed by atoms with Gasteiger partial charge in [0.25, 0.3) is 5.91 Å². The number of rotatable bonds is 2. The summed E-state index contributed by atoms with van der Waals surface area (Å²) in [4.78, 5) is 30.6. The van der Waals surface area contributed by atoms with Gasteiger partial charge in [-0.1, -0.05) is 30.3 Å². The second kappa shape index (κ2) is 5.44. The van der Waals surface area contributed by atoms with Crippen LogP contribution >= 0.6 is 0 Å². The van der Waals surface area contributed by atoms with E-state index in [0.29, 0.717) is 10.9 Å². The smallest absolute Gasteiger partial charge is 0.320 e. The van der Waals surface area contributed by atoms with Crippen molar-refractivity contribution in [1.29, 1.82) is 0 Å². The second-order valence-corrected chi connectivity index (χ2v) is 5.21. The highest BCUT2D eigenvalue weighted by Gasteiger charge is 2.14. The lowest BCUT2D eigenvalue weighted by atomic mass is 10.1. The average molecular weight is 293 g/mol. The fourth-order valence-corrected chi connectivity index (χ4v) is 2.33. The molecule has 0 spiro atoms. The number of nitrogens with zero attached hydrogens (tertiary/aromatic N) is 1. The minimum atomic E-state index is -0.537. The van der Waals surface area contributed by atoms with Crippen LogP contribution in [0.2, 0.25) is 0 Å². The Morgan fingerprint density at radius 1 is 1.14 bits per heavy atom. The molecular weight excluding hydrogens is 278 g/mol. The van der Waals surface area contributed by atoms with Crippen LogP contribution in [0.25, 0.3) is 10.9 Å². The predicted molar refractivity (Wildman–Crippen MR) is 86.2 cm³/mol. The number of nitrogens with one attached hydrogen (secondary N) is 2. The lowest BCUT2D eigenvalue weighted by Crippen LogP contribution is -2.21. The molecule has 5 nitrogen and oxygen atoms in total. The standard InChI is InChI=1S/C17H15N3O2/c1-10-7-8-11(2)14(9-10)18-16(21)15-12-5-3-4-6-13(12)19-17(22)20-15/h3-9H,1-2H3,(H,18,21)(H,19,20,22). The van der Waals surface area contributed by atoms with Crippen LogP contribution in [0.4, 0.5) is 5.69 Å². The first-order valence-corrected chi connectivity index (χ1v) is 6.92. The number of hydrogen-bond acceptors (Lipinski definition) is 3. The Hall–Kier alpha value is -2.95. The summed E-state index contributed by atoms with van der Waals surface area (Å²) >= 11 is 0. The Morgan fingerprint density at radius 3 is 2.73 bits per heavy atom. The summed E-state index contributed by atoms with van der Waals surface area (Å²) in [5, 5.41) is 3.45. The van der Waals surface area contributed by atoms with Crippen molar-refractivity contribution in [2.24, 2.45) is 0 Å². The van der Waals surface area contributed by atoms with E-state index in [1.54, 1.807) is 24.3 Å². The van der Waals surface area contributed by atoms with Crippen molar-refractivity contribution in [3.05, 3.63) is 69.8 Å². The van der Waals surface area contributed by atoms with Gasteiger partial charge < -0.3 is 10.3 Å². The van der Waals surface area contributed by atoms with Crippen molar-refractivity contribution in [2.45, 2.75) is 13.8 Å². The van der Waals surface area contributed by atoms with E-state index in [-0.39, 0.29) is 5.69 Å². The molecule has 1 aromatic heterocycles. The van der Waals surface area contributed by atoms with E-state index in [9.17, 15) is 9.59 Å². The van der Waals surface area contributed by atoms with Crippen molar-refractivity contribution in [3.8, 4) is 0 Å². The molecular formula is C17H15N3O2. The van der Waals surface area contributed by atoms with Crippen LogP contribution in [0.5, 0.6) is 0 Å². The largest absolute Gasteiger partial charge is 0.346 e. The lowest BCUT2D eigenvalue weighted by molar-refractivity contribution is 0.102. The van der Waals surface area contributed by atoms with Crippen molar-refractivity contribution in [2.75, 3.05) is 5.32 Å². The highest BCUT2D eigenvalue weighted by Crippen LogP contribution is 2.19. The molecule has 1 amide bonds. The zero-order chi connectivity index (χ0) is 15.7. The fraction of sp³-hybridized carbons (Fsp3) is 0.118. The number of aromatic amines is 1. The first-order valence-electron chi connectivity index (χ1n) is 6.92. The van der Waals surface area contributed by atoms with Gasteiger partial charge in [-0.05, 0) is 37.1 Å². The van der Waals surface area contributed by atoms with Crippen LogP contribution in [0.1, 0.15) is 21.6 Å². The number of carbonyl (C=O) groups is 1. The van der Waals surface area contributed by atoms with Crippen molar-refractivity contribution < 1.29 is 4.79 Å². The van der Waals surface area contributed by atoms with E-state index in [1.165, 1.54) is 0 Å². The van der Waals surface area contributed by atoms with Gasteiger partial charge >= 0.3 is 5.69 Å². The summed E-state index contributed by atoms with van der Waals surface area (Å²) in [5.41, 5.74) is 2.90. The third kappa shape index (κ3) is 2.61. The summed E-state index contributed by atoms with van der Waals surface area (Å²) in [6.45, 7) is 3.87. The zero-order valence-corrected chi connectivity index (χ0v) is 12.3. The first kappa shape index (κ1) is 14.0. The molecule has 0 saturated heterocycles. The van der Waals surface area contributed by atoms with Crippen LogP contribution in [0.3, 0.4) is 0 Å². The van der Waals surface area contributed by atoms with Crippen LogP contribution in [-0.4, -0.2) is 15.9 Å². The van der Waals surface area contributed by atoms with Crippen LogP contribution in [-0.2, 0) is 0 Å². The zero-order valence-electron chi connectivity index (χ0n) is 12.3. The van der Waals surface area contributed by atoms with E-state index in [2.05, 4.69) is 15.3 Å². The van der Waals surface area contributed by atoms with Gasteiger partial charge in [0.15, 0.2) is 0 Å². The molecule has 0 atom stereocenters. The number of aryl methyl sites for hydroxylation is 2. The molecule has 0 saturated carbocycles. The second-order valence-electron chi connectivity index (χ2n) is 5.21. The monoisotopic (exact) mass is 293 g/mol. The number of para-hydroxylation sites is 1. The molecule has 2 N–H and O–H groups in total. The molecule has 0 bridgehead atoms. The van der Waals surface area contributed by atoms with E-state index >= 15 is 0 Å². The quantitative estimate of drug-likeness (QED) is 0.763. The Bertz CT molecular complexity index is 929. The number of benzene rings is 2. The molecule has 0 aliphatic carbocycles. The molecule has 110 valence electrons. The summed E-state index contributed by atoms with van der Waals surface area (Å²) in [6, 6.07) is 12.9. The van der Waals surface area contributed by atoms with Crippen LogP contribution in [0.15, 0.2) is 47.3 Å². The maximum atomic E-state index is 12.5. The Morgan fingerprint density at radius 2 is 1.91 bits per heavy atom. The van der Waals surface area contributed by atoms with Gasteiger partial charge in [-0.3, -0.25) is 4.79 Å². The molecule has 3 aromatic rings. The highest BCUT2D eigenvalue weighted by molar-refractivity contribution is 6.10. The summed E-state index contributed by atoms with van der Waals surface area (Å²) in [5.74, 6) is -0.393. The highest BCUT2D eigenvalue weighted by atomic mass is 16.2. The third-order valence-corrected chi connectivity index (χ3v) is 3.49. The molecule has 1 heterocycles. The molecule has 0 aliphatic rings. The molecule has 0 aliphatic heterocycles. The number of anilines is 1. The lowest BCUT2D eigenvalue weighted by Gasteiger charge is -2.10. The number of amides is 1. The first-order chi connectivity index (χ1) is 10.5. The van der Waals surface area contributed by atoms with Gasteiger partial charge in [-0.2, -0.15) is 4.98 Å². The van der Waals surface area contributed by atoms with E-state index in [1.807, 2.05) is 32.0 Å². The number of hydrogen-bond donors (Lipinski definition) is 2. The molecule has 5 heteroatoms. The molecule has 0 unspecified atom stereocenters. The average Bonchev–Trinajstić information content (AvgIpc) is 2.50. The maximum absolute atomic E-state index is 12.5. The number of aromatic nitrogens is 2. The van der Waals surface area contributed by atoms with Gasteiger partial charge in [0.2, 0.25) is 0 Å². The Labute approximate surface area is 127 Å². The topological polar surface area (TPSA) is 74.8 Å². The molecule has 3 rings (SSSR count). The van der Waals surface area contributed by atoms with Gasteiger partial charge in [0.1, 0.15) is 5.69 Å². The van der Waals surface area contributed by atoms with E-state index < -0.39 is 11.6 Å². The SMILES string of the molecule is Cc1ccc(C)c(NC(=O)c2nc(=O)[nH]c3ccccc23)c1. The normalized spacial score (nSPS) is 10.6. The minimum absolute atomic E-state index is 0.125. The van der Waals surface area contributed by atoms with Gasteiger partial charge in [-0.15, -0.1) is 0 Å². The Kier molecular flexibility index (Phi) is 3.47. The molecule has 0 radical (unpaired) electrons. The van der Waals surface area contributed by atoms with Gasteiger partial charge in [-0.25, -0.2) is 4.79 Å². The number of carbonyl (C=O) groups excluding carboxylic acids is 1. The summed E-state index contributed by atoms with van der Waals surface area (Å²) in [6.07, 6.45) is 0. The molecule has 2 aromatic carbocycles. The minimum Gasteiger partial charge on any atom is -0.320 e. The van der Waals surface area contributed by atoms with E-state index in [0.717, 1.165) is 16.8 Å². The fourth-order valence-electron chi connectivity index (χ4n) is 2.33. The Balaban J connectivity index is 2.06. The van der Waals surface area contributed by atoms with E-state index in [4.69, 9.17) is 0 Å². The summed E-state index contributed by atoms with van der Waals surface area (Å²) < 4.78 is 0. The van der Waals surface area contributed by atoms with Crippen molar-refractivity contribution >= 4 is 22.5 Å².